The summed E-state index contributed by atoms with van der Waals surface area (Å²) in [4.78, 5) is 4.58. The third-order valence-corrected chi connectivity index (χ3v) is 11.6. The van der Waals surface area contributed by atoms with Gasteiger partial charge < -0.3 is 18.8 Å². The van der Waals surface area contributed by atoms with Gasteiger partial charge in [0.05, 0.1) is 0 Å². The number of pyridine rings is 1. The number of hydrogen-bond donors (Lipinski definition) is 1. The number of benzene rings is 5. The predicted octanol–water partition coefficient (Wildman–Crippen LogP) is 9.34. The van der Waals surface area contributed by atoms with Crippen LogP contribution in [0.25, 0.3) is 61.2 Å². The predicted molar refractivity (Wildman–Crippen MR) is 190 cm³/mol. The van der Waals surface area contributed by atoms with Crippen molar-refractivity contribution < 1.29 is 13.4 Å². The lowest BCUT2D eigenvalue weighted by Gasteiger charge is -2.20. The topological polar surface area (TPSA) is 80.1 Å². The molecular weight excluding hydrogens is 587 g/mol. The number of nitrogens with one attached hydrogen (secondary N) is 1. The van der Waals surface area contributed by atoms with Gasteiger partial charge in [-0.1, -0.05) is 85.4 Å². The van der Waals surface area contributed by atoms with Crippen LogP contribution in [0.5, 0.6) is 0 Å². The van der Waals surface area contributed by atoms with Crippen LogP contribution < -0.4 is 15.9 Å². The van der Waals surface area contributed by atoms with E-state index >= 15 is 0 Å². The molecule has 3 heterocycles. The quantitative estimate of drug-likeness (QED) is 0.143. The van der Waals surface area contributed by atoms with Crippen molar-refractivity contribution in [3.8, 4) is 22.3 Å². The summed E-state index contributed by atoms with van der Waals surface area (Å²) in [6.45, 7) is 3.82. The molecule has 0 aliphatic heterocycles. The number of hydrogen-bond acceptors (Lipinski definition) is 5. The third kappa shape index (κ3) is 4.44. The zero-order valence-corrected chi connectivity index (χ0v) is 25.6. The summed E-state index contributed by atoms with van der Waals surface area (Å²) in [5.41, 5.74) is 6.87. The maximum absolute atomic E-state index is 15.0. The second-order valence-electron chi connectivity index (χ2n) is 11.2. The fourth-order valence-corrected chi connectivity index (χ4v) is 8.86. The van der Waals surface area contributed by atoms with E-state index < -0.39 is 7.14 Å². The summed E-state index contributed by atoms with van der Waals surface area (Å²) in [6, 6.07) is 39.6. The van der Waals surface area contributed by atoms with Crippen LogP contribution in [-0.2, 0) is 4.57 Å². The Kier molecular flexibility index (Phi) is 6.63. The van der Waals surface area contributed by atoms with Crippen molar-refractivity contribution in [1.82, 2.24) is 4.98 Å². The first kappa shape index (κ1) is 27.8. The Morgan fingerprint density at radius 2 is 1.11 bits per heavy atom. The highest BCUT2D eigenvalue weighted by Crippen LogP contribution is 2.43. The fraction of sp³-hybridized carbons (Fsp3) is 0. The van der Waals surface area contributed by atoms with E-state index in [2.05, 4.69) is 29.8 Å². The van der Waals surface area contributed by atoms with Gasteiger partial charge >= 0.3 is 0 Å². The summed E-state index contributed by atoms with van der Waals surface area (Å²) < 4.78 is 27.1. The van der Waals surface area contributed by atoms with Gasteiger partial charge in [0.15, 0.2) is 7.14 Å². The molecule has 1 N–H and O–H groups in total. The van der Waals surface area contributed by atoms with Crippen LogP contribution >= 0.6 is 7.14 Å². The number of aromatic nitrogens is 1. The highest BCUT2D eigenvalue weighted by atomic mass is 31.2. The maximum atomic E-state index is 15.0. The van der Waals surface area contributed by atoms with Crippen LogP contribution in [0, 0.1) is 5.41 Å². The lowest BCUT2D eigenvalue weighted by molar-refractivity contribution is 0.592. The molecule has 46 heavy (non-hydrogen) atoms. The van der Waals surface area contributed by atoms with Crippen LogP contribution in [0.3, 0.4) is 0 Å². The first-order valence-electron chi connectivity index (χ1n) is 14.9. The van der Waals surface area contributed by atoms with Gasteiger partial charge in [-0.25, -0.2) is 0 Å². The van der Waals surface area contributed by atoms with Gasteiger partial charge in [-0.05, 0) is 65.2 Å². The minimum Gasteiger partial charge on any atom is -0.456 e. The summed E-state index contributed by atoms with van der Waals surface area (Å²) >= 11 is 0. The molecule has 0 saturated carbocycles. The van der Waals surface area contributed by atoms with Gasteiger partial charge in [0.25, 0.3) is 0 Å². The third-order valence-electron chi connectivity index (χ3n) is 8.55. The molecule has 8 aromatic rings. The first-order chi connectivity index (χ1) is 22.6. The van der Waals surface area contributed by atoms with Crippen molar-refractivity contribution in [3.05, 3.63) is 152 Å². The highest BCUT2D eigenvalue weighted by Gasteiger charge is 2.30. The minimum absolute atomic E-state index is 0.591. The SMILES string of the molecule is C=Cc1oc2ccc(-c3ccc4oc5ccc(-c6cncc(P(=O)(c7ccccc7)c7ccccc7)c6)cc5c4c3)cc2c1C=N. The van der Waals surface area contributed by atoms with Gasteiger partial charge in [0.2, 0.25) is 0 Å². The summed E-state index contributed by atoms with van der Waals surface area (Å²) in [5, 5.41) is 13.0. The number of nitrogens with zero attached hydrogens (tertiary/aromatic N) is 1. The lowest BCUT2D eigenvalue weighted by Crippen LogP contribution is -2.25. The van der Waals surface area contributed by atoms with Gasteiger partial charge in [-0.15, -0.1) is 0 Å². The molecule has 0 atom stereocenters. The number of rotatable bonds is 7. The van der Waals surface area contributed by atoms with Crippen LogP contribution in [0.2, 0.25) is 0 Å². The zero-order valence-electron chi connectivity index (χ0n) is 24.7. The lowest BCUT2D eigenvalue weighted by atomic mass is 9.99. The maximum Gasteiger partial charge on any atom is 0.172 e. The van der Waals surface area contributed by atoms with E-state index in [0.29, 0.717) is 16.6 Å². The van der Waals surface area contributed by atoms with Crippen molar-refractivity contribution in [3.63, 3.8) is 0 Å². The van der Waals surface area contributed by atoms with E-state index in [-0.39, 0.29) is 0 Å². The average molecular weight is 615 g/mol. The fourth-order valence-electron chi connectivity index (χ4n) is 6.23. The van der Waals surface area contributed by atoms with E-state index in [4.69, 9.17) is 14.2 Å². The van der Waals surface area contributed by atoms with Crippen LogP contribution in [0.15, 0.2) is 149 Å². The van der Waals surface area contributed by atoms with E-state index in [1.807, 2.05) is 109 Å². The summed E-state index contributed by atoms with van der Waals surface area (Å²) in [6.07, 6.45) is 6.48. The van der Waals surface area contributed by atoms with Crippen molar-refractivity contribution in [2.24, 2.45) is 0 Å². The van der Waals surface area contributed by atoms with Crippen molar-refractivity contribution in [2.45, 2.75) is 0 Å². The van der Waals surface area contributed by atoms with Gasteiger partial charge in [-0.2, -0.15) is 0 Å². The largest absolute Gasteiger partial charge is 0.456 e. The Morgan fingerprint density at radius 1 is 0.587 bits per heavy atom. The Morgan fingerprint density at radius 3 is 1.65 bits per heavy atom. The molecule has 0 aliphatic carbocycles. The molecule has 0 radical (unpaired) electrons. The molecule has 0 saturated heterocycles. The van der Waals surface area contributed by atoms with Crippen LogP contribution in [0.1, 0.15) is 11.3 Å². The molecule has 0 amide bonds. The molecule has 0 unspecified atom stereocenters. The molecular formula is C40H27N2O3P. The number of fused-ring (bicyclic) bond motifs is 4. The normalized spacial score (nSPS) is 11.7. The molecule has 8 rings (SSSR count). The van der Waals surface area contributed by atoms with E-state index in [9.17, 15) is 4.57 Å². The van der Waals surface area contributed by atoms with Crippen LogP contribution in [0.4, 0.5) is 0 Å². The summed E-state index contributed by atoms with van der Waals surface area (Å²) in [5.74, 6) is 0.591. The molecule has 5 aromatic carbocycles. The summed E-state index contributed by atoms with van der Waals surface area (Å²) in [7, 11) is -3.17. The average Bonchev–Trinajstić information content (AvgIpc) is 3.68. The Labute approximate surface area is 265 Å². The second kappa shape index (κ2) is 11.0. The molecule has 0 fully saturated rings. The Balaban J connectivity index is 1.24. The van der Waals surface area contributed by atoms with Gasteiger partial charge in [0, 0.05) is 61.8 Å². The molecule has 220 valence electrons. The molecule has 5 nitrogen and oxygen atoms in total. The van der Waals surface area contributed by atoms with Crippen molar-refractivity contribution >= 4 is 68.3 Å². The van der Waals surface area contributed by atoms with Crippen molar-refractivity contribution in [2.75, 3.05) is 0 Å². The zero-order chi connectivity index (χ0) is 31.3. The van der Waals surface area contributed by atoms with E-state index in [1.54, 1.807) is 12.3 Å². The first-order valence-corrected chi connectivity index (χ1v) is 16.6. The Bertz CT molecular complexity index is 2450. The standard InChI is InChI=1S/C40H27N2O3P/c1-2-37-36(23-41)35-21-27(14-17-40(35)44-37)26-13-16-38-33(20-26)34-22-28(15-18-39(34)45-38)29-19-32(25-42-24-29)46(43,30-9-5-3-6-10-30)31-11-7-4-8-12-31/h2-25,41H,1H2. The van der Waals surface area contributed by atoms with E-state index in [0.717, 1.165) is 65.8 Å². The molecule has 6 heteroatoms. The monoisotopic (exact) mass is 614 g/mol. The van der Waals surface area contributed by atoms with Crippen LogP contribution in [-0.4, -0.2) is 11.2 Å². The smallest absolute Gasteiger partial charge is 0.172 e. The van der Waals surface area contributed by atoms with Gasteiger partial charge in [0.1, 0.15) is 22.5 Å². The molecule has 0 aliphatic rings. The Hall–Kier alpha value is -5.77. The number of furan rings is 2. The highest BCUT2D eigenvalue weighted by molar-refractivity contribution is 7.85. The van der Waals surface area contributed by atoms with Crippen molar-refractivity contribution in [1.29, 1.82) is 5.41 Å². The minimum atomic E-state index is -3.17. The second-order valence-corrected chi connectivity index (χ2v) is 13.9. The van der Waals surface area contributed by atoms with Gasteiger partial charge in [-0.3, -0.25) is 4.98 Å². The molecule has 3 aromatic heterocycles. The molecule has 0 bridgehead atoms. The van der Waals surface area contributed by atoms with E-state index in [1.165, 1.54) is 6.21 Å². The molecule has 0 spiro atoms.